The largest absolute Gasteiger partial charge is 0.510 e. The molecule has 0 bridgehead atoms. The average Bonchev–Trinajstić information content (AvgIpc) is 3.58. The van der Waals surface area contributed by atoms with Gasteiger partial charge >= 0.3 is 6.16 Å². The van der Waals surface area contributed by atoms with E-state index < -0.39 is 17.8 Å². The van der Waals surface area contributed by atoms with Gasteiger partial charge in [-0.15, -0.1) is 5.10 Å². The lowest BCUT2D eigenvalue weighted by Gasteiger charge is -2.32. The molecule has 1 saturated heterocycles. The molecular formula is C34H48N10O5. The van der Waals surface area contributed by atoms with Gasteiger partial charge in [0.2, 0.25) is 0 Å². The smallest absolute Gasteiger partial charge is 0.435 e. The number of tetrazole rings is 1. The molecule has 15 nitrogen and oxygen atoms in total. The van der Waals surface area contributed by atoms with Crippen LogP contribution < -0.4 is 16.0 Å². The average molecular weight is 677 g/mol. The highest BCUT2D eigenvalue weighted by Crippen LogP contribution is 2.31. The number of hydrogen-bond donors (Lipinski definition) is 3. The number of nitrogens with zero attached hydrogens (tertiary/aromatic N) is 7. The molecule has 4 heterocycles. The van der Waals surface area contributed by atoms with Crippen LogP contribution in [0.2, 0.25) is 0 Å². The van der Waals surface area contributed by atoms with Gasteiger partial charge in [-0.2, -0.15) is 9.94 Å². The van der Waals surface area contributed by atoms with Crippen LogP contribution in [0.4, 0.5) is 16.4 Å². The fourth-order valence-corrected chi connectivity index (χ4v) is 6.23. The minimum atomic E-state index is -0.774. The van der Waals surface area contributed by atoms with Gasteiger partial charge in [-0.3, -0.25) is 0 Å². The second-order valence-corrected chi connectivity index (χ2v) is 12.9. The highest BCUT2D eigenvalue weighted by atomic mass is 16.7. The standard InChI is InChI=1S/C34H48N10O5/c1-5-48-33(45)49-25(4)44-32(41-42-43-44)20-47-19-24(3)38-26-9-11-27(12-10-26)39-31-17-28(23(2)18-36-31)29-7-6-8-30(40-29)37-22-34(21-35)13-15-46-16-14-34/h6-8,17-18,24-27,38H,5,9-16,19-20,22H2,1-4H3,(H,36,39)(H,37,40)/t24-,25-,26?,27?/m1/s1. The summed E-state index contributed by atoms with van der Waals surface area (Å²) in [6, 6.07) is 11.4. The SMILES string of the molecule is CCOC(=O)O[C@H](C)n1nnnc1COC[C@@H](C)NC1CCC(Nc2cc(-c3cccc(NCC4(C#N)CCOCC4)n3)c(C)cn2)CC1. The molecule has 49 heavy (non-hydrogen) atoms. The van der Waals surface area contributed by atoms with Crippen molar-refractivity contribution in [2.75, 3.05) is 43.6 Å². The molecule has 0 spiro atoms. The van der Waals surface area contributed by atoms with Gasteiger partial charge in [0, 0.05) is 49.6 Å². The van der Waals surface area contributed by atoms with E-state index in [1.165, 1.54) is 4.68 Å². The Labute approximate surface area is 287 Å². The molecule has 1 aliphatic carbocycles. The minimum absolute atomic E-state index is 0.133. The normalized spacial score (nSPS) is 20.1. The number of hydrogen-bond acceptors (Lipinski definition) is 14. The highest BCUT2D eigenvalue weighted by Gasteiger charge is 2.32. The van der Waals surface area contributed by atoms with E-state index in [4.69, 9.17) is 23.9 Å². The van der Waals surface area contributed by atoms with Crippen molar-refractivity contribution in [3.8, 4) is 17.3 Å². The van der Waals surface area contributed by atoms with Crippen molar-refractivity contribution in [3.05, 3.63) is 41.9 Å². The Morgan fingerprint density at radius 2 is 1.94 bits per heavy atom. The van der Waals surface area contributed by atoms with Gasteiger partial charge < -0.3 is 34.9 Å². The summed E-state index contributed by atoms with van der Waals surface area (Å²) in [4.78, 5) is 21.2. The summed E-state index contributed by atoms with van der Waals surface area (Å²) in [5.41, 5.74) is 2.52. The monoisotopic (exact) mass is 676 g/mol. The van der Waals surface area contributed by atoms with Crippen molar-refractivity contribution >= 4 is 17.8 Å². The number of ether oxygens (including phenoxy) is 4. The number of anilines is 2. The molecule has 264 valence electrons. The number of nitrogens with one attached hydrogen (secondary N) is 3. The molecule has 3 N–H and O–H groups in total. The van der Waals surface area contributed by atoms with Crippen molar-refractivity contribution in [1.82, 2.24) is 35.5 Å². The first-order valence-electron chi connectivity index (χ1n) is 17.1. The third-order valence-corrected chi connectivity index (χ3v) is 9.06. The number of pyridine rings is 2. The van der Waals surface area contributed by atoms with E-state index in [0.717, 1.165) is 67.0 Å². The first-order valence-corrected chi connectivity index (χ1v) is 17.1. The molecule has 1 saturated carbocycles. The van der Waals surface area contributed by atoms with E-state index in [0.29, 0.717) is 44.3 Å². The van der Waals surface area contributed by atoms with E-state index in [2.05, 4.69) is 55.5 Å². The number of aromatic nitrogens is 6. The summed E-state index contributed by atoms with van der Waals surface area (Å²) in [7, 11) is 0. The summed E-state index contributed by atoms with van der Waals surface area (Å²) in [6.45, 7) is 10.2. The number of rotatable bonds is 15. The molecule has 0 aromatic carbocycles. The van der Waals surface area contributed by atoms with Crippen molar-refractivity contribution < 1.29 is 23.7 Å². The zero-order valence-electron chi connectivity index (χ0n) is 28.9. The summed E-state index contributed by atoms with van der Waals surface area (Å²) >= 11 is 0. The van der Waals surface area contributed by atoms with Crippen molar-refractivity contribution in [2.45, 2.75) is 97.2 Å². The number of carbonyl (C=O) groups excluding carboxylic acids is 1. The highest BCUT2D eigenvalue weighted by molar-refractivity contribution is 5.68. The molecule has 0 amide bonds. The zero-order chi connectivity index (χ0) is 34.6. The van der Waals surface area contributed by atoms with Crippen LogP contribution in [0.15, 0.2) is 30.5 Å². The van der Waals surface area contributed by atoms with Crippen molar-refractivity contribution in [1.29, 1.82) is 5.26 Å². The number of aryl methyl sites for hydroxylation is 1. The zero-order valence-corrected chi connectivity index (χ0v) is 28.9. The predicted octanol–water partition coefficient (Wildman–Crippen LogP) is 4.78. The molecule has 5 rings (SSSR count). The van der Waals surface area contributed by atoms with Crippen LogP contribution in [-0.4, -0.2) is 87.4 Å². The van der Waals surface area contributed by atoms with Gasteiger partial charge in [0.05, 0.1) is 30.4 Å². The Hall–Kier alpha value is -4.39. The lowest BCUT2D eigenvalue weighted by Crippen LogP contribution is -2.43. The van der Waals surface area contributed by atoms with Gasteiger partial charge in [-0.1, -0.05) is 6.07 Å². The predicted molar refractivity (Wildman–Crippen MR) is 181 cm³/mol. The summed E-state index contributed by atoms with van der Waals surface area (Å²) < 4.78 is 22.8. The molecular weight excluding hydrogens is 628 g/mol. The van der Waals surface area contributed by atoms with E-state index in [1.54, 1.807) is 13.8 Å². The maximum Gasteiger partial charge on any atom is 0.510 e. The van der Waals surface area contributed by atoms with Crippen molar-refractivity contribution in [2.24, 2.45) is 5.41 Å². The Morgan fingerprint density at radius 3 is 2.69 bits per heavy atom. The van der Waals surface area contributed by atoms with E-state index in [-0.39, 0.29) is 19.3 Å². The van der Waals surface area contributed by atoms with Gasteiger partial charge in [-0.25, -0.2) is 14.8 Å². The minimum Gasteiger partial charge on any atom is -0.435 e. The fraction of sp³-hybridized carbons (Fsp3) is 0.618. The Bertz CT molecular complexity index is 1550. The maximum atomic E-state index is 11.6. The van der Waals surface area contributed by atoms with Gasteiger partial charge in [0.25, 0.3) is 0 Å². The topological polar surface area (TPSA) is 183 Å². The molecule has 2 fully saturated rings. The van der Waals surface area contributed by atoms with Crippen LogP contribution in [0, 0.1) is 23.7 Å². The lowest BCUT2D eigenvalue weighted by atomic mass is 9.82. The number of carbonyl (C=O) groups is 1. The fourth-order valence-electron chi connectivity index (χ4n) is 6.23. The van der Waals surface area contributed by atoms with E-state index in [1.807, 2.05) is 31.3 Å². The van der Waals surface area contributed by atoms with Gasteiger partial charge in [0.15, 0.2) is 12.1 Å². The molecule has 3 aromatic rings. The maximum absolute atomic E-state index is 11.6. The van der Waals surface area contributed by atoms with Crippen LogP contribution in [0.5, 0.6) is 0 Å². The second-order valence-electron chi connectivity index (χ2n) is 12.9. The molecule has 2 aliphatic rings. The summed E-state index contributed by atoms with van der Waals surface area (Å²) in [6.07, 6.45) is 5.96. The molecule has 15 heteroatoms. The lowest BCUT2D eigenvalue weighted by molar-refractivity contribution is -0.00389. The second kappa shape index (κ2) is 17.3. The third-order valence-electron chi connectivity index (χ3n) is 9.06. The van der Waals surface area contributed by atoms with Crippen molar-refractivity contribution in [3.63, 3.8) is 0 Å². The Balaban J connectivity index is 1.06. The first kappa shape index (κ1) is 35.9. The Morgan fingerprint density at radius 1 is 1.16 bits per heavy atom. The van der Waals surface area contributed by atoms with Crippen LogP contribution in [-0.2, 0) is 25.6 Å². The number of nitriles is 1. The van der Waals surface area contributed by atoms with Crippen LogP contribution >= 0.6 is 0 Å². The van der Waals surface area contributed by atoms with Gasteiger partial charge in [0.1, 0.15) is 18.2 Å². The molecule has 3 aromatic heterocycles. The van der Waals surface area contributed by atoms with Gasteiger partial charge in [-0.05, 0) is 100 Å². The van der Waals surface area contributed by atoms with Crippen LogP contribution in [0.1, 0.15) is 76.9 Å². The van der Waals surface area contributed by atoms with Crippen LogP contribution in [0.25, 0.3) is 11.3 Å². The van der Waals surface area contributed by atoms with Crippen LogP contribution in [0.3, 0.4) is 0 Å². The molecule has 0 radical (unpaired) electrons. The summed E-state index contributed by atoms with van der Waals surface area (Å²) in [5, 5.41) is 32.2. The first-order chi connectivity index (χ1) is 23.8. The molecule has 2 atom stereocenters. The third kappa shape index (κ3) is 10.1. The van der Waals surface area contributed by atoms with E-state index >= 15 is 0 Å². The molecule has 0 unspecified atom stereocenters. The molecule has 1 aliphatic heterocycles. The quantitative estimate of drug-likeness (QED) is 0.187. The Kier molecular flexibility index (Phi) is 12.7. The van der Waals surface area contributed by atoms with E-state index in [9.17, 15) is 10.1 Å². The summed E-state index contributed by atoms with van der Waals surface area (Å²) in [5.74, 6) is 2.06.